The van der Waals surface area contributed by atoms with Gasteiger partial charge in [-0.05, 0) is 76.3 Å². The van der Waals surface area contributed by atoms with Crippen LogP contribution in [-0.4, -0.2) is 0 Å². The van der Waals surface area contributed by atoms with E-state index in [0.29, 0.717) is 0 Å². The molecule has 0 amide bonds. The minimum Gasteiger partial charge on any atom is -0.455 e. The van der Waals surface area contributed by atoms with Gasteiger partial charge in [-0.3, -0.25) is 0 Å². The first-order valence-electron chi connectivity index (χ1n) is 17.3. The maximum Gasteiger partial charge on any atom is 0.143 e. The van der Waals surface area contributed by atoms with Gasteiger partial charge in [0.1, 0.15) is 11.2 Å². The van der Waals surface area contributed by atoms with Gasteiger partial charge in [0.05, 0.1) is 5.69 Å². The molecule has 0 N–H and O–H groups in total. The number of thiophene rings is 1. The predicted octanol–water partition coefficient (Wildman–Crippen LogP) is 14.4. The Morgan fingerprint density at radius 3 is 1.63 bits per heavy atom. The summed E-state index contributed by atoms with van der Waals surface area (Å²) in [5.74, 6) is 0. The van der Waals surface area contributed by atoms with Crippen LogP contribution in [0, 0.1) is 0 Å². The number of anilines is 3. The van der Waals surface area contributed by atoms with Crippen molar-refractivity contribution >= 4 is 70.5 Å². The first-order chi connectivity index (χ1) is 25.3. The molecule has 0 saturated carbocycles. The molecule has 10 aromatic rings. The molecule has 2 nitrogen and oxygen atoms in total. The second kappa shape index (κ2) is 12.2. The summed E-state index contributed by atoms with van der Waals surface area (Å²) in [6.07, 6.45) is 0. The van der Waals surface area contributed by atoms with E-state index in [9.17, 15) is 0 Å². The number of benzene rings is 8. The molecular weight excluding hydrogens is 639 g/mol. The molecule has 3 heteroatoms. The van der Waals surface area contributed by atoms with Crippen molar-refractivity contribution in [1.29, 1.82) is 0 Å². The highest BCUT2D eigenvalue weighted by molar-refractivity contribution is 7.26. The van der Waals surface area contributed by atoms with Crippen molar-refractivity contribution in [3.05, 3.63) is 188 Å². The van der Waals surface area contributed by atoms with Gasteiger partial charge in [0.25, 0.3) is 0 Å². The minimum atomic E-state index is 0.911. The first kappa shape index (κ1) is 29.5. The first-order valence-corrected chi connectivity index (χ1v) is 18.1. The summed E-state index contributed by atoms with van der Waals surface area (Å²) in [7, 11) is 0. The van der Waals surface area contributed by atoms with E-state index < -0.39 is 0 Å². The van der Waals surface area contributed by atoms with Gasteiger partial charge < -0.3 is 9.32 Å². The molecule has 2 heterocycles. The standard InChI is InChI=1S/C48H31NOS/c1-2-10-32(11-3-1)33-20-22-34(23-21-33)35-24-28-37(29-25-35)49(43-16-9-19-46-47(43)42-13-5-7-18-45(42)51-46)38-30-26-36(27-31-38)39-14-8-15-41-40-12-4-6-17-44(40)50-48(39)41/h1-31H. The van der Waals surface area contributed by atoms with Crippen LogP contribution in [0.15, 0.2) is 192 Å². The molecule has 0 aliphatic heterocycles. The van der Waals surface area contributed by atoms with Crippen molar-refractivity contribution in [2.45, 2.75) is 0 Å². The van der Waals surface area contributed by atoms with Crippen LogP contribution >= 0.6 is 11.3 Å². The van der Waals surface area contributed by atoms with Gasteiger partial charge in [0.2, 0.25) is 0 Å². The van der Waals surface area contributed by atoms with Crippen LogP contribution < -0.4 is 4.90 Å². The van der Waals surface area contributed by atoms with Crippen LogP contribution in [0.5, 0.6) is 0 Å². The zero-order valence-electron chi connectivity index (χ0n) is 27.7. The van der Waals surface area contributed by atoms with E-state index in [1.54, 1.807) is 0 Å². The van der Waals surface area contributed by atoms with Gasteiger partial charge in [0.15, 0.2) is 0 Å². The van der Waals surface area contributed by atoms with Crippen LogP contribution in [-0.2, 0) is 0 Å². The van der Waals surface area contributed by atoms with Crippen LogP contribution in [0.2, 0.25) is 0 Å². The van der Waals surface area contributed by atoms with E-state index in [2.05, 4.69) is 181 Å². The highest BCUT2D eigenvalue weighted by Gasteiger charge is 2.19. The van der Waals surface area contributed by atoms with Crippen LogP contribution in [0.25, 0.3) is 75.5 Å². The van der Waals surface area contributed by atoms with Gasteiger partial charge in [-0.25, -0.2) is 0 Å². The topological polar surface area (TPSA) is 16.4 Å². The SMILES string of the molecule is c1ccc(-c2ccc(-c3ccc(N(c4ccc(-c5cccc6c5oc5ccccc56)cc4)c4cccc5sc6ccccc6c45)cc3)cc2)cc1. The number of hydrogen-bond acceptors (Lipinski definition) is 3. The number of fused-ring (bicyclic) bond motifs is 6. The van der Waals surface area contributed by atoms with Gasteiger partial charge >= 0.3 is 0 Å². The van der Waals surface area contributed by atoms with Gasteiger partial charge in [0, 0.05) is 47.9 Å². The molecule has 2 aromatic heterocycles. The monoisotopic (exact) mass is 669 g/mol. The average molecular weight is 670 g/mol. The van der Waals surface area contributed by atoms with Crippen molar-refractivity contribution in [2.75, 3.05) is 4.90 Å². The molecule has 10 rings (SSSR count). The smallest absolute Gasteiger partial charge is 0.143 e. The molecule has 0 aliphatic rings. The van der Waals surface area contributed by atoms with Crippen molar-refractivity contribution in [1.82, 2.24) is 0 Å². The maximum absolute atomic E-state index is 6.40. The number of para-hydroxylation sites is 2. The fraction of sp³-hybridized carbons (Fsp3) is 0. The van der Waals surface area contributed by atoms with Crippen molar-refractivity contribution in [2.24, 2.45) is 0 Å². The fourth-order valence-electron chi connectivity index (χ4n) is 7.42. The average Bonchev–Trinajstić information content (AvgIpc) is 3.78. The van der Waals surface area contributed by atoms with E-state index >= 15 is 0 Å². The third kappa shape index (κ3) is 5.10. The Morgan fingerprint density at radius 2 is 0.902 bits per heavy atom. The molecule has 0 fully saturated rings. The second-order valence-corrected chi connectivity index (χ2v) is 14.0. The molecule has 0 radical (unpaired) electrons. The van der Waals surface area contributed by atoms with E-state index in [-0.39, 0.29) is 0 Å². The Morgan fingerprint density at radius 1 is 0.373 bits per heavy atom. The van der Waals surface area contributed by atoms with E-state index in [1.165, 1.54) is 42.4 Å². The molecule has 240 valence electrons. The third-order valence-corrected chi connectivity index (χ3v) is 11.0. The number of hydrogen-bond donors (Lipinski definition) is 0. The zero-order valence-corrected chi connectivity index (χ0v) is 28.5. The second-order valence-electron chi connectivity index (χ2n) is 12.9. The quantitative estimate of drug-likeness (QED) is 0.175. The molecule has 0 bridgehead atoms. The normalized spacial score (nSPS) is 11.5. The lowest BCUT2D eigenvalue weighted by Crippen LogP contribution is -2.10. The molecule has 51 heavy (non-hydrogen) atoms. The third-order valence-electron chi connectivity index (χ3n) is 9.91. The molecule has 0 atom stereocenters. The van der Waals surface area contributed by atoms with Crippen LogP contribution in [0.1, 0.15) is 0 Å². The molecular formula is C48H31NOS. The van der Waals surface area contributed by atoms with E-state index in [1.807, 2.05) is 23.5 Å². The van der Waals surface area contributed by atoms with Gasteiger partial charge in [-0.2, -0.15) is 0 Å². The molecule has 0 aliphatic carbocycles. The Labute approximate surface area is 300 Å². The predicted molar refractivity (Wildman–Crippen MR) is 218 cm³/mol. The van der Waals surface area contributed by atoms with E-state index in [4.69, 9.17) is 4.42 Å². The Kier molecular flexibility index (Phi) is 7.04. The Bertz CT molecular complexity index is 2830. The summed E-state index contributed by atoms with van der Waals surface area (Å²) >= 11 is 1.85. The molecule has 8 aromatic carbocycles. The highest BCUT2D eigenvalue weighted by Crippen LogP contribution is 2.45. The van der Waals surface area contributed by atoms with Crippen LogP contribution in [0.4, 0.5) is 17.1 Å². The van der Waals surface area contributed by atoms with E-state index in [0.717, 1.165) is 50.1 Å². The number of rotatable bonds is 6. The van der Waals surface area contributed by atoms with Crippen molar-refractivity contribution in [3.8, 4) is 33.4 Å². The van der Waals surface area contributed by atoms with Crippen molar-refractivity contribution < 1.29 is 4.42 Å². The summed E-state index contributed by atoms with van der Waals surface area (Å²) in [6.45, 7) is 0. The summed E-state index contributed by atoms with van der Waals surface area (Å²) in [4.78, 5) is 2.40. The highest BCUT2D eigenvalue weighted by atomic mass is 32.1. The Balaban J connectivity index is 1.08. The van der Waals surface area contributed by atoms with Crippen molar-refractivity contribution in [3.63, 3.8) is 0 Å². The summed E-state index contributed by atoms with van der Waals surface area (Å²) < 4.78 is 8.98. The maximum atomic E-state index is 6.40. The minimum absolute atomic E-state index is 0.911. The Hall–Kier alpha value is -6.42. The molecule has 0 spiro atoms. The number of nitrogens with zero attached hydrogens (tertiary/aromatic N) is 1. The lowest BCUT2D eigenvalue weighted by atomic mass is 9.99. The number of furan rings is 1. The fourth-order valence-corrected chi connectivity index (χ4v) is 8.55. The summed E-state index contributed by atoms with van der Waals surface area (Å²) in [5, 5.41) is 4.83. The lowest BCUT2D eigenvalue weighted by Gasteiger charge is -2.27. The zero-order chi connectivity index (χ0) is 33.7. The largest absolute Gasteiger partial charge is 0.455 e. The molecule has 0 saturated heterocycles. The summed E-state index contributed by atoms with van der Waals surface area (Å²) in [6, 6.07) is 67.4. The van der Waals surface area contributed by atoms with Gasteiger partial charge in [-0.1, -0.05) is 140 Å². The summed E-state index contributed by atoms with van der Waals surface area (Å²) in [5.41, 5.74) is 12.2. The lowest BCUT2D eigenvalue weighted by molar-refractivity contribution is 0.670. The van der Waals surface area contributed by atoms with Gasteiger partial charge in [-0.15, -0.1) is 11.3 Å². The molecule has 0 unspecified atom stereocenters. The van der Waals surface area contributed by atoms with Crippen LogP contribution in [0.3, 0.4) is 0 Å².